The van der Waals surface area contributed by atoms with Gasteiger partial charge in [-0.05, 0) is 76.5 Å². The summed E-state index contributed by atoms with van der Waals surface area (Å²) in [6.45, 7) is 0. The number of pyridine rings is 1. The number of fused-ring (bicyclic) bond motifs is 5. The van der Waals surface area contributed by atoms with Crippen molar-refractivity contribution in [1.29, 1.82) is 0 Å². The Morgan fingerprint density at radius 2 is 1.10 bits per heavy atom. The highest BCUT2D eigenvalue weighted by Crippen LogP contribution is 2.44. The summed E-state index contributed by atoms with van der Waals surface area (Å²) < 4.78 is 36.2. The third-order valence-electron chi connectivity index (χ3n) is 7.12. The van der Waals surface area contributed by atoms with E-state index in [4.69, 9.17) is 23.9 Å². The predicted octanol–water partition coefficient (Wildman–Crippen LogP) is 8.05. The Morgan fingerprint density at radius 3 is 1.77 bits per heavy atom. The van der Waals surface area contributed by atoms with Crippen LogP contribution in [0.2, 0.25) is 0 Å². The lowest BCUT2D eigenvalue weighted by Gasteiger charge is -2.17. The minimum atomic E-state index is -0.298. The number of rotatable bonds is 6. The van der Waals surface area contributed by atoms with Crippen LogP contribution in [0.4, 0.5) is 4.39 Å². The summed E-state index contributed by atoms with van der Waals surface area (Å²) in [5.41, 5.74) is 4.41. The summed E-state index contributed by atoms with van der Waals surface area (Å²) in [5.74, 6) is 2.23. The lowest BCUT2D eigenvalue weighted by atomic mass is 9.91. The van der Waals surface area contributed by atoms with Gasteiger partial charge < -0.3 is 18.9 Å². The zero-order valence-corrected chi connectivity index (χ0v) is 22.0. The first-order valence-corrected chi connectivity index (χ1v) is 12.5. The molecule has 0 aliphatic rings. The van der Waals surface area contributed by atoms with E-state index < -0.39 is 0 Å². The Morgan fingerprint density at radius 1 is 0.513 bits per heavy atom. The minimum absolute atomic E-state index is 0.298. The van der Waals surface area contributed by atoms with E-state index in [0.29, 0.717) is 23.0 Å². The Bertz CT molecular complexity index is 1870. The van der Waals surface area contributed by atoms with Gasteiger partial charge in [-0.1, -0.05) is 30.3 Å². The molecule has 6 heteroatoms. The van der Waals surface area contributed by atoms with Crippen LogP contribution in [0.3, 0.4) is 0 Å². The summed E-state index contributed by atoms with van der Waals surface area (Å²) in [6.07, 6.45) is 0. The highest BCUT2D eigenvalue weighted by molar-refractivity contribution is 6.21. The second-order valence-corrected chi connectivity index (χ2v) is 9.16. The van der Waals surface area contributed by atoms with Gasteiger partial charge in [0.05, 0.1) is 39.6 Å². The number of methoxy groups -OCH3 is 4. The Labute approximate surface area is 225 Å². The van der Waals surface area contributed by atoms with Crippen LogP contribution in [0.1, 0.15) is 0 Å². The number of ether oxygens (including phenoxy) is 4. The van der Waals surface area contributed by atoms with E-state index in [9.17, 15) is 4.39 Å². The monoisotopic (exact) mass is 519 g/mol. The number of aromatic nitrogens is 1. The number of benzene rings is 5. The Hall–Kier alpha value is -4.84. The number of nitrogens with zero attached hydrogens (tertiary/aromatic N) is 1. The zero-order chi connectivity index (χ0) is 27.1. The van der Waals surface area contributed by atoms with Crippen LogP contribution in [0.15, 0.2) is 84.9 Å². The fourth-order valence-corrected chi connectivity index (χ4v) is 5.23. The van der Waals surface area contributed by atoms with Gasteiger partial charge in [-0.2, -0.15) is 0 Å². The molecule has 5 nitrogen and oxygen atoms in total. The summed E-state index contributed by atoms with van der Waals surface area (Å²) in [5, 5.41) is 4.83. The van der Waals surface area contributed by atoms with Gasteiger partial charge in [0, 0.05) is 21.7 Å². The Balaban J connectivity index is 1.77. The standard InChI is InChI=1S/C33H26FNO4/c1-36-28-14-11-20(15-29(28)37-2)24-16-26-25-17-30(38-3)31(39-4)18-27(25)32(19-9-12-21(34)13-10-19)35-33(26)23-8-6-5-7-22(23)24/h5-18H,1-4H3. The number of hydrogen-bond donors (Lipinski definition) is 0. The smallest absolute Gasteiger partial charge is 0.161 e. The fourth-order valence-electron chi connectivity index (χ4n) is 5.23. The highest BCUT2D eigenvalue weighted by atomic mass is 19.1. The van der Waals surface area contributed by atoms with Crippen LogP contribution >= 0.6 is 0 Å². The van der Waals surface area contributed by atoms with E-state index in [1.54, 1.807) is 40.6 Å². The molecule has 1 aromatic heterocycles. The quantitative estimate of drug-likeness (QED) is 0.208. The molecule has 5 aromatic carbocycles. The first-order valence-electron chi connectivity index (χ1n) is 12.5. The molecule has 6 rings (SSSR count). The van der Waals surface area contributed by atoms with E-state index in [1.807, 2.05) is 42.5 Å². The molecular weight excluding hydrogens is 493 g/mol. The van der Waals surface area contributed by atoms with Gasteiger partial charge in [0.1, 0.15) is 5.82 Å². The molecule has 0 spiro atoms. The van der Waals surface area contributed by atoms with E-state index in [0.717, 1.165) is 54.8 Å². The zero-order valence-electron chi connectivity index (χ0n) is 22.0. The maximum atomic E-state index is 13.8. The summed E-state index contributed by atoms with van der Waals surface area (Å²) in [7, 11) is 6.49. The van der Waals surface area contributed by atoms with Gasteiger partial charge >= 0.3 is 0 Å². The van der Waals surface area contributed by atoms with Crippen LogP contribution in [0.25, 0.3) is 54.8 Å². The molecule has 0 unspecified atom stereocenters. The van der Waals surface area contributed by atoms with Crippen LogP contribution in [-0.4, -0.2) is 33.4 Å². The topological polar surface area (TPSA) is 49.8 Å². The van der Waals surface area contributed by atoms with Crippen LogP contribution < -0.4 is 18.9 Å². The molecule has 0 amide bonds. The van der Waals surface area contributed by atoms with Crippen molar-refractivity contribution in [1.82, 2.24) is 4.98 Å². The molecule has 194 valence electrons. The van der Waals surface area contributed by atoms with Gasteiger partial charge in [0.25, 0.3) is 0 Å². The molecule has 6 aromatic rings. The molecule has 0 saturated carbocycles. The molecule has 1 heterocycles. The molecule has 0 fully saturated rings. The van der Waals surface area contributed by atoms with E-state index in [1.165, 1.54) is 12.1 Å². The molecule has 0 saturated heterocycles. The normalized spacial score (nSPS) is 11.2. The molecular formula is C33H26FNO4. The number of halogens is 1. The predicted molar refractivity (Wildman–Crippen MR) is 154 cm³/mol. The minimum Gasteiger partial charge on any atom is -0.493 e. The Kier molecular flexibility index (Phi) is 6.15. The van der Waals surface area contributed by atoms with Gasteiger partial charge in [-0.3, -0.25) is 0 Å². The van der Waals surface area contributed by atoms with Crippen LogP contribution in [-0.2, 0) is 0 Å². The second-order valence-electron chi connectivity index (χ2n) is 9.16. The molecule has 0 radical (unpaired) electrons. The lowest BCUT2D eigenvalue weighted by Crippen LogP contribution is -1.96. The van der Waals surface area contributed by atoms with Crippen molar-refractivity contribution < 1.29 is 23.3 Å². The number of hydrogen-bond acceptors (Lipinski definition) is 5. The SMILES string of the molecule is COc1ccc(-c2cc3c4cc(OC)c(OC)cc4c(-c4ccc(F)cc4)nc3c3ccccc23)cc1OC. The third-order valence-corrected chi connectivity index (χ3v) is 7.12. The van der Waals surface area contributed by atoms with Gasteiger partial charge in [-0.15, -0.1) is 0 Å². The average Bonchev–Trinajstić information content (AvgIpc) is 2.99. The maximum absolute atomic E-state index is 13.8. The van der Waals surface area contributed by atoms with E-state index in [-0.39, 0.29) is 5.82 Å². The van der Waals surface area contributed by atoms with Gasteiger partial charge in [0.2, 0.25) is 0 Å². The second kappa shape index (κ2) is 9.80. The van der Waals surface area contributed by atoms with Crippen LogP contribution in [0.5, 0.6) is 23.0 Å². The van der Waals surface area contributed by atoms with Crippen molar-refractivity contribution in [2.24, 2.45) is 0 Å². The summed E-state index contributed by atoms with van der Waals surface area (Å²) in [4.78, 5) is 5.19. The van der Waals surface area contributed by atoms with Crippen LogP contribution in [0, 0.1) is 5.82 Å². The highest BCUT2D eigenvalue weighted by Gasteiger charge is 2.19. The lowest BCUT2D eigenvalue weighted by molar-refractivity contribution is 0.355. The first-order chi connectivity index (χ1) is 19.1. The van der Waals surface area contributed by atoms with E-state index in [2.05, 4.69) is 18.2 Å². The maximum Gasteiger partial charge on any atom is 0.161 e. The summed E-state index contributed by atoms with van der Waals surface area (Å²) >= 11 is 0. The molecule has 0 N–H and O–H groups in total. The van der Waals surface area contributed by atoms with Gasteiger partial charge in [-0.25, -0.2) is 9.37 Å². The fraction of sp³-hybridized carbons (Fsp3) is 0.121. The third kappa shape index (κ3) is 4.05. The molecule has 0 atom stereocenters. The molecule has 0 bridgehead atoms. The first kappa shape index (κ1) is 24.5. The van der Waals surface area contributed by atoms with Crippen molar-refractivity contribution in [3.05, 3.63) is 90.7 Å². The summed E-state index contributed by atoms with van der Waals surface area (Å²) in [6, 6.07) is 26.6. The van der Waals surface area contributed by atoms with Gasteiger partial charge in [0.15, 0.2) is 23.0 Å². The van der Waals surface area contributed by atoms with Crippen molar-refractivity contribution in [2.75, 3.05) is 28.4 Å². The molecule has 0 aliphatic carbocycles. The molecule has 39 heavy (non-hydrogen) atoms. The largest absolute Gasteiger partial charge is 0.493 e. The van der Waals surface area contributed by atoms with E-state index >= 15 is 0 Å². The van der Waals surface area contributed by atoms with Crippen molar-refractivity contribution in [3.8, 4) is 45.4 Å². The van der Waals surface area contributed by atoms with Crippen molar-refractivity contribution >= 4 is 32.4 Å². The average molecular weight is 520 g/mol. The van der Waals surface area contributed by atoms with Crippen molar-refractivity contribution in [2.45, 2.75) is 0 Å². The molecule has 0 aliphatic heterocycles. The van der Waals surface area contributed by atoms with Crippen molar-refractivity contribution in [3.63, 3.8) is 0 Å².